The highest BCUT2D eigenvalue weighted by Crippen LogP contribution is 2.12. The molecular weight excluding hydrogens is 188 g/mol. The second-order valence-corrected chi connectivity index (χ2v) is 3.73. The number of rotatable bonds is 2. The number of nitrogens with zero attached hydrogens (tertiary/aromatic N) is 2. The van der Waals surface area contributed by atoms with E-state index in [1.54, 1.807) is 0 Å². The van der Waals surface area contributed by atoms with Crippen LogP contribution in [0.5, 0.6) is 0 Å². The lowest BCUT2D eigenvalue weighted by Crippen LogP contribution is -2.34. The summed E-state index contributed by atoms with van der Waals surface area (Å²) in [6, 6.07) is 8.20. The SMILES string of the molecule is Cc1cccc(N=CN2CCOCC2)c1. The molecule has 1 aromatic rings. The average Bonchev–Trinajstić information content (AvgIpc) is 2.28. The van der Waals surface area contributed by atoms with E-state index in [1.807, 2.05) is 18.5 Å². The van der Waals surface area contributed by atoms with Gasteiger partial charge >= 0.3 is 0 Å². The number of hydrogen-bond donors (Lipinski definition) is 0. The standard InChI is InChI=1S/C12H16N2O/c1-11-3-2-4-12(9-11)13-10-14-5-7-15-8-6-14/h2-4,9-10H,5-8H2,1H3. The van der Waals surface area contributed by atoms with Crippen molar-refractivity contribution in [3.63, 3.8) is 0 Å². The van der Waals surface area contributed by atoms with Gasteiger partial charge in [0.25, 0.3) is 0 Å². The zero-order valence-corrected chi connectivity index (χ0v) is 9.02. The molecule has 80 valence electrons. The van der Waals surface area contributed by atoms with Crippen LogP contribution >= 0.6 is 0 Å². The third-order valence-corrected chi connectivity index (χ3v) is 2.42. The maximum absolute atomic E-state index is 5.27. The third-order valence-electron chi connectivity index (χ3n) is 2.42. The molecule has 1 aliphatic heterocycles. The molecule has 15 heavy (non-hydrogen) atoms. The van der Waals surface area contributed by atoms with Gasteiger partial charge in [-0.3, -0.25) is 0 Å². The van der Waals surface area contributed by atoms with Crippen LogP contribution in [-0.4, -0.2) is 37.5 Å². The van der Waals surface area contributed by atoms with Crippen LogP contribution in [0.4, 0.5) is 5.69 Å². The second kappa shape index (κ2) is 4.94. The van der Waals surface area contributed by atoms with Gasteiger partial charge in [-0.15, -0.1) is 0 Å². The summed E-state index contributed by atoms with van der Waals surface area (Å²) in [4.78, 5) is 6.62. The van der Waals surface area contributed by atoms with E-state index in [4.69, 9.17) is 4.74 Å². The number of hydrogen-bond acceptors (Lipinski definition) is 2. The Morgan fingerprint density at radius 2 is 2.13 bits per heavy atom. The topological polar surface area (TPSA) is 24.8 Å². The molecule has 1 aliphatic rings. The minimum atomic E-state index is 0.805. The fourth-order valence-corrected chi connectivity index (χ4v) is 1.55. The Labute approximate surface area is 90.4 Å². The molecule has 1 aromatic carbocycles. The highest BCUT2D eigenvalue weighted by molar-refractivity contribution is 5.61. The smallest absolute Gasteiger partial charge is 0.0913 e. The Hall–Kier alpha value is -1.35. The molecule has 1 saturated heterocycles. The second-order valence-electron chi connectivity index (χ2n) is 3.73. The van der Waals surface area contributed by atoms with E-state index in [9.17, 15) is 0 Å². The number of aliphatic imine (C=N–C) groups is 1. The number of aryl methyl sites for hydroxylation is 1. The summed E-state index contributed by atoms with van der Waals surface area (Å²) in [6.07, 6.45) is 1.91. The summed E-state index contributed by atoms with van der Waals surface area (Å²) < 4.78 is 5.27. The van der Waals surface area contributed by atoms with Gasteiger partial charge in [-0.05, 0) is 24.6 Å². The summed E-state index contributed by atoms with van der Waals surface area (Å²) in [6.45, 7) is 5.57. The zero-order valence-electron chi connectivity index (χ0n) is 9.02. The van der Waals surface area contributed by atoms with Gasteiger partial charge in [0, 0.05) is 13.1 Å². The van der Waals surface area contributed by atoms with E-state index in [-0.39, 0.29) is 0 Å². The Bertz CT molecular complexity index is 343. The van der Waals surface area contributed by atoms with Gasteiger partial charge in [0.05, 0.1) is 25.2 Å². The Morgan fingerprint density at radius 3 is 2.87 bits per heavy atom. The van der Waals surface area contributed by atoms with Crippen LogP contribution in [0.3, 0.4) is 0 Å². The van der Waals surface area contributed by atoms with Crippen LogP contribution in [0.25, 0.3) is 0 Å². The van der Waals surface area contributed by atoms with Gasteiger partial charge in [0.2, 0.25) is 0 Å². The van der Waals surface area contributed by atoms with E-state index >= 15 is 0 Å². The van der Waals surface area contributed by atoms with Gasteiger partial charge < -0.3 is 9.64 Å². The summed E-state index contributed by atoms with van der Waals surface area (Å²) in [5.74, 6) is 0. The van der Waals surface area contributed by atoms with Crippen molar-refractivity contribution in [1.29, 1.82) is 0 Å². The van der Waals surface area contributed by atoms with Crippen LogP contribution in [0.2, 0.25) is 0 Å². The molecular formula is C12H16N2O. The average molecular weight is 204 g/mol. The summed E-state index contributed by atoms with van der Waals surface area (Å²) in [5.41, 5.74) is 2.26. The minimum Gasteiger partial charge on any atom is -0.378 e. The van der Waals surface area contributed by atoms with Crippen LogP contribution in [0.15, 0.2) is 29.3 Å². The van der Waals surface area contributed by atoms with Crippen LogP contribution < -0.4 is 0 Å². The molecule has 1 fully saturated rings. The van der Waals surface area contributed by atoms with Crippen molar-refractivity contribution in [2.75, 3.05) is 26.3 Å². The van der Waals surface area contributed by atoms with Crippen molar-refractivity contribution in [3.8, 4) is 0 Å². The Morgan fingerprint density at radius 1 is 1.33 bits per heavy atom. The molecule has 0 amide bonds. The maximum Gasteiger partial charge on any atom is 0.0913 e. The van der Waals surface area contributed by atoms with Crippen molar-refractivity contribution in [1.82, 2.24) is 4.90 Å². The normalized spacial score (nSPS) is 17.3. The molecule has 0 saturated carbocycles. The molecule has 3 nitrogen and oxygen atoms in total. The lowest BCUT2D eigenvalue weighted by atomic mass is 10.2. The highest BCUT2D eigenvalue weighted by atomic mass is 16.5. The van der Waals surface area contributed by atoms with Crippen LogP contribution in [-0.2, 0) is 4.74 Å². The van der Waals surface area contributed by atoms with Gasteiger partial charge in [0.15, 0.2) is 0 Å². The molecule has 0 radical (unpaired) electrons. The van der Waals surface area contributed by atoms with E-state index in [2.05, 4.69) is 28.9 Å². The van der Waals surface area contributed by atoms with E-state index in [1.165, 1.54) is 5.56 Å². The molecule has 0 spiro atoms. The Balaban J connectivity index is 1.97. The molecule has 2 rings (SSSR count). The molecule has 0 atom stereocenters. The van der Waals surface area contributed by atoms with Crippen LogP contribution in [0, 0.1) is 6.92 Å². The molecule has 0 aromatic heterocycles. The van der Waals surface area contributed by atoms with E-state index < -0.39 is 0 Å². The predicted molar refractivity (Wildman–Crippen MR) is 61.7 cm³/mol. The first kappa shape index (κ1) is 10.2. The van der Waals surface area contributed by atoms with Gasteiger partial charge in [-0.1, -0.05) is 12.1 Å². The van der Waals surface area contributed by atoms with Crippen molar-refractivity contribution in [3.05, 3.63) is 29.8 Å². The first-order valence-corrected chi connectivity index (χ1v) is 5.27. The molecule has 0 aliphatic carbocycles. The Kier molecular flexibility index (Phi) is 3.35. The van der Waals surface area contributed by atoms with E-state index in [0.717, 1.165) is 32.0 Å². The fourth-order valence-electron chi connectivity index (χ4n) is 1.55. The summed E-state index contributed by atoms with van der Waals surface area (Å²) >= 11 is 0. The van der Waals surface area contributed by atoms with Crippen LogP contribution in [0.1, 0.15) is 5.56 Å². The number of benzene rings is 1. The van der Waals surface area contributed by atoms with Gasteiger partial charge in [-0.2, -0.15) is 0 Å². The fraction of sp³-hybridized carbons (Fsp3) is 0.417. The summed E-state index contributed by atoms with van der Waals surface area (Å²) in [7, 11) is 0. The molecule has 3 heteroatoms. The molecule has 0 N–H and O–H groups in total. The number of ether oxygens (including phenoxy) is 1. The lowest BCUT2D eigenvalue weighted by Gasteiger charge is -2.24. The first-order valence-electron chi connectivity index (χ1n) is 5.27. The monoisotopic (exact) mass is 204 g/mol. The highest BCUT2D eigenvalue weighted by Gasteiger charge is 2.05. The van der Waals surface area contributed by atoms with Crippen molar-refractivity contribution >= 4 is 12.0 Å². The first-order chi connectivity index (χ1) is 7.34. The minimum absolute atomic E-state index is 0.805. The van der Waals surface area contributed by atoms with Gasteiger partial charge in [-0.25, -0.2) is 4.99 Å². The van der Waals surface area contributed by atoms with Crippen molar-refractivity contribution in [2.24, 2.45) is 4.99 Å². The third kappa shape index (κ3) is 3.06. The zero-order chi connectivity index (χ0) is 10.5. The van der Waals surface area contributed by atoms with Crippen molar-refractivity contribution < 1.29 is 4.74 Å². The van der Waals surface area contributed by atoms with Gasteiger partial charge in [0.1, 0.15) is 0 Å². The molecule has 1 heterocycles. The summed E-state index contributed by atoms with van der Waals surface area (Å²) in [5, 5.41) is 0. The molecule has 0 unspecified atom stereocenters. The quantitative estimate of drug-likeness (QED) is 0.543. The maximum atomic E-state index is 5.27. The van der Waals surface area contributed by atoms with E-state index in [0.29, 0.717) is 0 Å². The number of morpholine rings is 1. The largest absolute Gasteiger partial charge is 0.378 e. The molecule has 0 bridgehead atoms. The predicted octanol–water partition coefficient (Wildman–Crippen LogP) is 1.99. The van der Waals surface area contributed by atoms with Crippen molar-refractivity contribution in [2.45, 2.75) is 6.92 Å². The lowest BCUT2D eigenvalue weighted by molar-refractivity contribution is 0.0701.